The Morgan fingerprint density at radius 3 is 2.65 bits per heavy atom. The van der Waals surface area contributed by atoms with E-state index >= 15 is 0 Å². The first kappa shape index (κ1) is 13.1. The van der Waals surface area contributed by atoms with Crippen LogP contribution in [0.1, 0.15) is 5.56 Å². The molecule has 0 spiro atoms. The quantitative estimate of drug-likeness (QED) is 0.551. The lowest BCUT2D eigenvalue weighted by atomic mass is 10.1. The molecule has 3 N–H and O–H groups in total. The number of aromatic amines is 1. The van der Waals surface area contributed by atoms with Gasteiger partial charge in [0.05, 0.1) is 5.69 Å². The van der Waals surface area contributed by atoms with Crippen molar-refractivity contribution >= 4 is 49.4 Å². The van der Waals surface area contributed by atoms with Crippen LogP contribution in [0.4, 0.5) is 11.4 Å². The van der Waals surface area contributed by atoms with Crippen LogP contribution in [-0.4, -0.2) is 19.1 Å². The van der Waals surface area contributed by atoms with E-state index in [0.717, 1.165) is 43.5 Å². The number of nitrogen functional groups attached to an aromatic ring is 1. The van der Waals surface area contributed by atoms with Gasteiger partial charge in [0.2, 0.25) is 11.0 Å². The zero-order chi connectivity index (χ0) is 14.4. The minimum Gasteiger partial charge on any atom is -0.397 e. The Bertz CT molecular complexity index is 827. The highest BCUT2D eigenvalue weighted by atomic mass is 79.9. The van der Waals surface area contributed by atoms with Crippen LogP contribution in [-0.2, 0) is 0 Å². The number of aromatic nitrogens is 2. The van der Waals surface area contributed by atoms with Crippen LogP contribution in [0.15, 0.2) is 28.7 Å². The van der Waals surface area contributed by atoms with Gasteiger partial charge in [-0.05, 0) is 46.6 Å². The molecular weight excluding hydrogens is 316 g/mol. The van der Waals surface area contributed by atoms with E-state index in [9.17, 15) is 0 Å². The zero-order valence-corrected chi connectivity index (χ0v) is 13.2. The number of nitrogens with zero attached hydrogens (tertiary/aromatic N) is 2. The van der Waals surface area contributed by atoms with Crippen molar-refractivity contribution in [1.82, 2.24) is 4.98 Å². The van der Waals surface area contributed by atoms with Crippen LogP contribution in [0, 0.1) is 6.92 Å². The zero-order valence-electron chi connectivity index (χ0n) is 11.7. The van der Waals surface area contributed by atoms with Gasteiger partial charge in [0, 0.05) is 25.8 Å². The number of rotatable bonds is 1. The first-order chi connectivity index (χ1) is 9.47. The molecule has 0 saturated heterocycles. The lowest BCUT2D eigenvalue weighted by molar-refractivity contribution is -0.311. The topological polar surface area (TPSA) is 56.3 Å². The van der Waals surface area contributed by atoms with Crippen molar-refractivity contribution in [3.63, 3.8) is 0 Å². The Hall–Kier alpha value is -1.88. The van der Waals surface area contributed by atoms with E-state index < -0.39 is 0 Å². The molecule has 4 nitrogen and oxygen atoms in total. The number of H-pyrrole nitrogens is 1. The molecule has 0 aliphatic heterocycles. The van der Waals surface area contributed by atoms with Crippen LogP contribution >= 0.6 is 15.9 Å². The highest BCUT2D eigenvalue weighted by Crippen LogP contribution is 2.30. The molecule has 0 aliphatic carbocycles. The Balaban J connectivity index is 2.38. The maximum atomic E-state index is 6.07. The normalized spacial score (nSPS) is 11.2. The monoisotopic (exact) mass is 331 g/mol. The fraction of sp³-hybridized carbons (Fsp3) is 0.200. The van der Waals surface area contributed by atoms with E-state index in [2.05, 4.69) is 37.9 Å². The lowest BCUT2D eigenvalue weighted by Gasteiger charge is -2.11. The molecule has 2 aromatic carbocycles. The van der Waals surface area contributed by atoms with Crippen molar-refractivity contribution in [3.05, 3.63) is 34.3 Å². The molecule has 1 heterocycles. The molecule has 0 unspecified atom stereocenters. The standard InChI is InChI=1S/C15H15BrN4/c1-8-6-12-15(13(16)14(8)17)19-11-7-9(20(2)3)4-5-10(11)18-12/h4-7H,17H2,1-3H3/p+1. The lowest BCUT2D eigenvalue weighted by Crippen LogP contribution is -2.12. The molecule has 1 aromatic heterocycles. The number of fused-ring (bicyclic) bond motifs is 2. The van der Waals surface area contributed by atoms with Crippen molar-refractivity contribution < 1.29 is 4.98 Å². The third kappa shape index (κ3) is 1.98. The van der Waals surface area contributed by atoms with Gasteiger partial charge in [-0.15, -0.1) is 0 Å². The SMILES string of the molecule is Cc1cc2nc3ccc(N(C)C)cc3[nH+]c2c(Br)c1N. The predicted molar refractivity (Wildman–Crippen MR) is 87.0 cm³/mol. The average molecular weight is 332 g/mol. The fourth-order valence-electron chi connectivity index (χ4n) is 2.25. The summed E-state index contributed by atoms with van der Waals surface area (Å²) in [5, 5.41) is 0. The van der Waals surface area contributed by atoms with E-state index in [1.165, 1.54) is 0 Å². The summed E-state index contributed by atoms with van der Waals surface area (Å²) in [5.41, 5.74) is 12.7. The summed E-state index contributed by atoms with van der Waals surface area (Å²) in [6, 6.07) is 8.18. The van der Waals surface area contributed by atoms with E-state index in [1.54, 1.807) is 0 Å². The molecule has 0 atom stereocenters. The largest absolute Gasteiger partial charge is 0.397 e. The third-order valence-electron chi connectivity index (χ3n) is 3.49. The van der Waals surface area contributed by atoms with Gasteiger partial charge >= 0.3 is 0 Å². The van der Waals surface area contributed by atoms with Crippen molar-refractivity contribution in [3.8, 4) is 0 Å². The minimum atomic E-state index is 0.749. The van der Waals surface area contributed by atoms with Crippen molar-refractivity contribution in [2.24, 2.45) is 0 Å². The van der Waals surface area contributed by atoms with E-state index in [-0.39, 0.29) is 0 Å². The van der Waals surface area contributed by atoms with Gasteiger partial charge < -0.3 is 10.6 Å². The second kappa shape index (κ2) is 4.59. The summed E-state index contributed by atoms with van der Waals surface area (Å²) >= 11 is 3.56. The molecular formula is C15H16BrN4+. The molecule has 5 heteroatoms. The van der Waals surface area contributed by atoms with Crippen LogP contribution < -0.4 is 15.6 Å². The van der Waals surface area contributed by atoms with Gasteiger partial charge in [0.25, 0.3) is 0 Å². The predicted octanol–water partition coefficient (Wildman–Crippen LogP) is 2.92. The van der Waals surface area contributed by atoms with Gasteiger partial charge in [-0.2, -0.15) is 0 Å². The first-order valence-electron chi connectivity index (χ1n) is 6.36. The van der Waals surface area contributed by atoms with Crippen LogP contribution in [0.5, 0.6) is 0 Å². The summed E-state index contributed by atoms with van der Waals surface area (Å²) in [6.07, 6.45) is 0. The van der Waals surface area contributed by atoms with Crippen molar-refractivity contribution in [2.75, 3.05) is 24.7 Å². The average Bonchev–Trinajstić information content (AvgIpc) is 2.43. The molecule has 102 valence electrons. The second-order valence-corrected chi connectivity index (χ2v) is 5.94. The van der Waals surface area contributed by atoms with Gasteiger partial charge in [-0.3, -0.25) is 0 Å². The fourth-order valence-corrected chi connectivity index (χ4v) is 2.86. The van der Waals surface area contributed by atoms with Crippen LogP contribution in [0.2, 0.25) is 0 Å². The number of nitrogens with two attached hydrogens (primary N) is 1. The molecule has 20 heavy (non-hydrogen) atoms. The summed E-state index contributed by atoms with van der Waals surface area (Å²) in [7, 11) is 4.04. The molecule has 0 saturated carbocycles. The Labute approximate surface area is 125 Å². The molecule has 3 aromatic rings. The summed E-state index contributed by atoms with van der Waals surface area (Å²) in [4.78, 5) is 10.2. The highest BCUT2D eigenvalue weighted by Gasteiger charge is 2.15. The number of nitrogens with one attached hydrogen (secondary N) is 1. The summed E-state index contributed by atoms with van der Waals surface area (Å²) in [6.45, 7) is 1.99. The van der Waals surface area contributed by atoms with E-state index in [1.807, 2.05) is 33.2 Å². The molecule has 0 aliphatic rings. The van der Waals surface area contributed by atoms with Gasteiger partial charge in [-0.25, -0.2) is 9.97 Å². The van der Waals surface area contributed by atoms with Crippen LogP contribution in [0.25, 0.3) is 22.1 Å². The summed E-state index contributed by atoms with van der Waals surface area (Å²) in [5.74, 6) is 0. The molecule has 0 amide bonds. The Morgan fingerprint density at radius 2 is 1.95 bits per heavy atom. The molecule has 3 rings (SSSR count). The first-order valence-corrected chi connectivity index (χ1v) is 7.15. The Morgan fingerprint density at radius 1 is 1.20 bits per heavy atom. The number of hydrogen-bond donors (Lipinski definition) is 1. The minimum absolute atomic E-state index is 0.749. The highest BCUT2D eigenvalue weighted by molar-refractivity contribution is 9.10. The maximum absolute atomic E-state index is 6.07. The summed E-state index contributed by atoms with van der Waals surface area (Å²) < 4.78 is 0.872. The number of aryl methyl sites for hydroxylation is 1. The van der Waals surface area contributed by atoms with Gasteiger partial charge in [-0.1, -0.05) is 0 Å². The number of benzene rings is 2. The van der Waals surface area contributed by atoms with Crippen molar-refractivity contribution in [1.29, 1.82) is 0 Å². The molecule has 0 fully saturated rings. The van der Waals surface area contributed by atoms with Gasteiger partial charge in [0.15, 0.2) is 0 Å². The number of anilines is 2. The smallest absolute Gasteiger partial charge is 0.246 e. The van der Waals surface area contributed by atoms with E-state index in [0.29, 0.717) is 0 Å². The Kier molecular flexibility index (Phi) is 3.01. The van der Waals surface area contributed by atoms with Crippen molar-refractivity contribution in [2.45, 2.75) is 6.92 Å². The number of hydrogen-bond acceptors (Lipinski definition) is 3. The van der Waals surface area contributed by atoms with Crippen LogP contribution in [0.3, 0.4) is 0 Å². The maximum Gasteiger partial charge on any atom is 0.246 e. The van der Waals surface area contributed by atoms with E-state index in [4.69, 9.17) is 10.7 Å². The molecule has 0 radical (unpaired) electrons. The number of halogens is 1. The second-order valence-electron chi connectivity index (χ2n) is 5.15. The molecule has 0 bridgehead atoms. The third-order valence-corrected chi connectivity index (χ3v) is 4.31. The van der Waals surface area contributed by atoms with Gasteiger partial charge in [0.1, 0.15) is 15.5 Å².